The Morgan fingerprint density at radius 2 is 1.81 bits per heavy atom. The van der Waals surface area contributed by atoms with Crippen LogP contribution in [0.5, 0.6) is 0 Å². The second-order valence-electron chi connectivity index (χ2n) is 8.06. The van der Waals surface area contributed by atoms with Gasteiger partial charge in [0.2, 0.25) is 10.0 Å². The van der Waals surface area contributed by atoms with Gasteiger partial charge in [-0.05, 0) is 30.5 Å². The van der Waals surface area contributed by atoms with Crippen molar-refractivity contribution in [2.24, 2.45) is 17.3 Å². The molecule has 6 heteroatoms. The summed E-state index contributed by atoms with van der Waals surface area (Å²) >= 11 is 0. The number of benzene rings is 1. The van der Waals surface area contributed by atoms with E-state index in [-0.39, 0.29) is 29.2 Å². The van der Waals surface area contributed by atoms with Crippen molar-refractivity contribution >= 4 is 16.0 Å². The van der Waals surface area contributed by atoms with Gasteiger partial charge >= 0.3 is 5.97 Å². The monoisotopic (exact) mass is 389 g/mol. The molecule has 2 aliphatic rings. The number of carbonyl (C=O) groups excluding carboxylic acids is 1. The van der Waals surface area contributed by atoms with E-state index in [1.807, 2.05) is 20.8 Å². The molecule has 0 N–H and O–H groups in total. The molecule has 1 saturated heterocycles. The van der Waals surface area contributed by atoms with Crippen molar-refractivity contribution in [2.75, 3.05) is 13.1 Å². The van der Waals surface area contributed by atoms with E-state index in [0.29, 0.717) is 12.3 Å². The fraction of sp³-hybridized carbons (Fsp3) is 0.476. The Balaban J connectivity index is 2.03. The summed E-state index contributed by atoms with van der Waals surface area (Å²) in [5.41, 5.74) is 1.50. The topological polar surface area (TPSA) is 63.7 Å². The van der Waals surface area contributed by atoms with Crippen LogP contribution in [0.3, 0.4) is 0 Å². The summed E-state index contributed by atoms with van der Waals surface area (Å²) in [5, 5.41) is 0. The molecule has 0 amide bonds. The van der Waals surface area contributed by atoms with E-state index >= 15 is 0 Å². The van der Waals surface area contributed by atoms with Crippen LogP contribution in [0.15, 0.2) is 52.6 Å². The van der Waals surface area contributed by atoms with Crippen LogP contribution in [0.4, 0.5) is 0 Å². The molecule has 1 fully saturated rings. The average molecular weight is 390 g/mol. The minimum Gasteiger partial charge on any atom is -0.431 e. The summed E-state index contributed by atoms with van der Waals surface area (Å²) in [6.07, 6.45) is 4.16. The molecule has 1 aromatic rings. The fourth-order valence-corrected chi connectivity index (χ4v) is 5.11. The van der Waals surface area contributed by atoms with E-state index in [4.69, 9.17) is 4.74 Å². The van der Waals surface area contributed by atoms with E-state index in [2.05, 4.69) is 19.1 Å². The van der Waals surface area contributed by atoms with Crippen molar-refractivity contribution < 1.29 is 17.9 Å². The Morgan fingerprint density at radius 3 is 2.41 bits per heavy atom. The Hall–Kier alpha value is -1.92. The first-order valence-electron chi connectivity index (χ1n) is 9.20. The van der Waals surface area contributed by atoms with Gasteiger partial charge < -0.3 is 4.74 Å². The maximum atomic E-state index is 13.1. The molecule has 5 nitrogen and oxygen atoms in total. The molecular weight excluding hydrogens is 362 g/mol. The summed E-state index contributed by atoms with van der Waals surface area (Å²) in [6.45, 7) is 10.1. The third kappa shape index (κ3) is 3.60. The highest BCUT2D eigenvalue weighted by Gasteiger charge is 2.43. The molecule has 1 aromatic carbocycles. The third-order valence-corrected chi connectivity index (χ3v) is 7.57. The fourth-order valence-electron chi connectivity index (χ4n) is 3.66. The van der Waals surface area contributed by atoms with Crippen LogP contribution in [0.2, 0.25) is 0 Å². The summed E-state index contributed by atoms with van der Waals surface area (Å²) in [4.78, 5) is 12.0. The highest BCUT2D eigenvalue weighted by atomic mass is 32.2. The van der Waals surface area contributed by atoms with E-state index in [1.165, 1.54) is 11.2 Å². The maximum Gasteiger partial charge on any atom is 0.307 e. The molecule has 27 heavy (non-hydrogen) atoms. The molecule has 1 aliphatic carbocycles. The zero-order valence-electron chi connectivity index (χ0n) is 16.5. The van der Waals surface area contributed by atoms with Gasteiger partial charge in [-0.15, -0.1) is 0 Å². The molecule has 0 radical (unpaired) electrons. The molecule has 0 aromatic heterocycles. The zero-order chi connectivity index (χ0) is 20.0. The molecule has 146 valence electrons. The van der Waals surface area contributed by atoms with Gasteiger partial charge in [0.15, 0.2) is 0 Å². The van der Waals surface area contributed by atoms with E-state index in [9.17, 15) is 13.2 Å². The van der Waals surface area contributed by atoms with Crippen LogP contribution < -0.4 is 0 Å². The van der Waals surface area contributed by atoms with Crippen molar-refractivity contribution in [1.29, 1.82) is 0 Å². The summed E-state index contributed by atoms with van der Waals surface area (Å²) in [7, 11) is -3.60. The van der Waals surface area contributed by atoms with Gasteiger partial charge in [0, 0.05) is 31.3 Å². The molecule has 0 unspecified atom stereocenters. The number of ether oxygens (including phenoxy) is 1. The summed E-state index contributed by atoms with van der Waals surface area (Å²) < 4.78 is 33.3. The smallest absolute Gasteiger partial charge is 0.307 e. The number of fused-ring (bicyclic) bond motifs is 1. The van der Waals surface area contributed by atoms with Crippen molar-refractivity contribution in [3.05, 3.63) is 53.3 Å². The normalized spacial score (nSPS) is 25.2. The standard InChI is InChI=1S/C21H27NO4S/c1-14-6-10-18(11-7-14)27(24,25)22-12-17-9-8-15(2)21(4,5)20(19(17)13-22)26-16(3)23/h6-11,15,17H,12-13H2,1-5H3/t15-,17-/m1/s1. The minimum atomic E-state index is -3.60. The number of allylic oxidation sites excluding steroid dienone is 2. The van der Waals surface area contributed by atoms with Crippen LogP contribution >= 0.6 is 0 Å². The average Bonchev–Trinajstić information content (AvgIpc) is 2.99. The lowest BCUT2D eigenvalue weighted by atomic mass is 9.77. The second kappa shape index (κ2) is 6.91. The van der Waals surface area contributed by atoms with Crippen molar-refractivity contribution in [2.45, 2.75) is 39.5 Å². The highest BCUT2D eigenvalue weighted by Crippen LogP contribution is 2.45. The lowest BCUT2D eigenvalue weighted by Crippen LogP contribution is -2.30. The van der Waals surface area contributed by atoms with E-state index < -0.39 is 15.4 Å². The van der Waals surface area contributed by atoms with Gasteiger partial charge in [0.1, 0.15) is 5.76 Å². The molecule has 3 rings (SSSR count). The molecule has 0 saturated carbocycles. The lowest BCUT2D eigenvalue weighted by Gasteiger charge is -2.32. The van der Waals surface area contributed by atoms with Crippen LogP contribution in [0.25, 0.3) is 0 Å². The summed E-state index contributed by atoms with van der Waals surface area (Å²) in [5.74, 6) is 0.327. The predicted octanol–water partition coefficient (Wildman–Crippen LogP) is 3.66. The molecule has 1 aliphatic heterocycles. The molecule has 2 atom stereocenters. The number of hydrogen-bond acceptors (Lipinski definition) is 4. The zero-order valence-corrected chi connectivity index (χ0v) is 17.3. The highest BCUT2D eigenvalue weighted by molar-refractivity contribution is 7.89. The predicted molar refractivity (Wildman–Crippen MR) is 104 cm³/mol. The number of esters is 1. The minimum absolute atomic E-state index is 0.0798. The van der Waals surface area contributed by atoms with Gasteiger partial charge in [0.25, 0.3) is 0 Å². The van der Waals surface area contributed by atoms with Crippen molar-refractivity contribution in [1.82, 2.24) is 4.31 Å². The van der Waals surface area contributed by atoms with Crippen LogP contribution in [0.1, 0.15) is 33.3 Å². The Kier molecular flexibility index (Phi) is 5.08. The van der Waals surface area contributed by atoms with E-state index in [0.717, 1.165) is 11.1 Å². The molecule has 0 bridgehead atoms. The van der Waals surface area contributed by atoms with Gasteiger partial charge in [-0.3, -0.25) is 4.79 Å². The first kappa shape index (κ1) is 19.8. The quantitative estimate of drug-likeness (QED) is 0.585. The number of carbonyl (C=O) groups is 1. The second-order valence-corrected chi connectivity index (χ2v) is 10.00. The van der Waals surface area contributed by atoms with Gasteiger partial charge in [-0.25, -0.2) is 8.42 Å². The lowest BCUT2D eigenvalue weighted by molar-refractivity contribution is -0.139. The van der Waals surface area contributed by atoms with Crippen LogP contribution in [-0.2, 0) is 19.6 Å². The van der Waals surface area contributed by atoms with Gasteiger partial charge in [-0.1, -0.05) is 50.6 Å². The number of nitrogens with zero attached hydrogens (tertiary/aromatic N) is 1. The SMILES string of the molecule is CC(=O)OC1=C2CN(S(=O)(=O)c3ccc(C)cc3)C[C@H]2C=C[C@@H](C)C1(C)C. The largest absolute Gasteiger partial charge is 0.431 e. The van der Waals surface area contributed by atoms with Gasteiger partial charge in [0.05, 0.1) is 4.90 Å². The van der Waals surface area contributed by atoms with Crippen molar-refractivity contribution in [3.8, 4) is 0 Å². The first-order valence-corrected chi connectivity index (χ1v) is 10.6. The Labute approximate surface area is 161 Å². The van der Waals surface area contributed by atoms with Crippen LogP contribution in [0, 0.1) is 24.2 Å². The van der Waals surface area contributed by atoms with Crippen LogP contribution in [-0.4, -0.2) is 31.8 Å². The Bertz CT molecular complexity index is 910. The van der Waals surface area contributed by atoms with Crippen molar-refractivity contribution in [3.63, 3.8) is 0 Å². The number of rotatable bonds is 3. The number of sulfonamides is 1. The van der Waals surface area contributed by atoms with Gasteiger partial charge in [-0.2, -0.15) is 4.31 Å². The number of hydrogen-bond donors (Lipinski definition) is 0. The van der Waals surface area contributed by atoms with E-state index in [1.54, 1.807) is 24.3 Å². The summed E-state index contributed by atoms with van der Waals surface area (Å²) in [6, 6.07) is 6.88. The number of aryl methyl sites for hydroxylation is 1. The molecule has 0 spiro atoms. The third-order valence-electron chi connectivity index (χ3n) is 5.75. The maximum absolute atomic E-state index is 13.1. The molecule has 1 heterocycles. The molecular formula is C21H27NO4S. The first-order chi connectivity index (χ1) is 12.5. The Morgan fingerprint density at radius 1 is 1.19 bits per heavy atom.